The molecule has 1 heterocycles. The third-order valence-electron chi connectivity index (χ3n) is 4.07. The molecule has 0 saturated heterocycles. The number of fused-ring (bicyclic) bond motifs is 3. The maximum absolute atomic E-state index is 3.55. The van der Waals surface area contributed by atoms with Crippen LogP contribution in [0.4, 0.5) is 0 Å². The second-order valence-corrected chi connectivity index (χ2v) is 6.23. The first-order valence-corrected chi connectivity index (χ1v) is 7.76. The van der Waals surface area contributed by atoms with Crippen molar-refractivity contribution in [1.82, 2.24) is 4.57 Å². The Balaban J connectivity index is 2.02. The second kappa shape index (κ2) is 4.74. The molecule has 0 aliphatic heterocycles. The van der Waals surface area contributed by atoms with Crippen LogP contribution in [-0.4, -0.2) is 4.57 Å². The third kappa shape index (κ3) is 1.98. The summed E-state index contributed by atoms with van der Waals surface area (Å²) < 4.78 is 3.38. The van der Waals surface area contributed by atoms with E-state index in [9.17, 15) is 0 Å². The predicted molar refractivity (Wildman–Crippen MR) is 93.6 cm³/mol. The molecule has 1 nitrogen and oxygen atoms in total. The highest BCUT2D eigenvalue weighted by Crippen LogP contribution is 2.32. The molecule has 2 heteroatoms. The molecule has 0 aliphatic carbocycles. The fraction of sp³-hybridized carbons (Fsp3) is 0.0526. The van der Waals surface area contributed by atoms with Crippen molar-refractivity contribution in [2.24, 2.45) is 7.05 Å². The average molecular weight is 336 g/mol. The van der Waals surface area contributed by atoms with Gasteiger partial charge in [-0.1, -0.05) is 58.4 Å². The van der Waals surface area contributed by atoms with Gasteiger partial charge >= 0.3 is 0 Å². The molecule has 0 fully saturated rings. The van der Waals surface area contributed by atoms with Gasteiger partial charge in [0.05, 0.1) is 0 Å². The van der Waals surface area contributed by atoms with Gasteiger partial charge in [0.2, 0.25) is 0 Å². The number of aryl methyl sites for hydroxylation is 1. The second-order valence-electron chi connectivity index (χ2n) is 5.32. The first-order valence-electron chi connectivity index (χ1n) is 6.97. The van der Waals surface area contributed by atoms with Crippen LogP contribution in [-0.2, 0) is 7.05 Å². The van der Waals surface area contributed by atoms with E-state index in [0.717, 1.165) is 4.47 Å². The van der Waals surface area contributed by atoms with Gasteiger partial charge in [-0.2, -0.15) is 0 Å². The molecule has 102 valence electrons. The number of rotatable bonds is 1. The minimum Gasteiger partial charge on any atom is -0.344 e. The maximum atomic E-state index is 3.55. The van der Waals surface area contributed by atoms with Crippen molar-refractivity contribution in [1.29, 1.82) is 0 Å². The van der Waals surface area contributed by atoms with Crippen LogP contribution in [0.5, 0.6) is 0 Å². The van der Waals surface area contributed by atoms with Gasteiger partial charge in [-0.3, -0.25) is 0 Å². The lowest BCUT2D eigenvalue weighted by Crippen LogP contribution is -1.86. The zero-order chi connectivity index (χ0) is 14.4. The lowest BCUT2D eigenvalue weighted by molar-refractivity contribution is 1.01. The summed E-state index contributed by atoms with van der Waals surface area (Å²) in [6.45, 7) is 0. The normalized spacial score (nSPS) is 11.3. The van der Waals surface area contributed by atoms with Gasteiger partial charge < -0.3 is 4.57 Å². The van der Waals surface area contributed by atoms with Crippen LogP contribution in [0.1, 0.15) is 0 Å². The van der Waals surface area contributed by atoms with Crippen molar-refractivity contribution in [2.45, 2.75) is 0 Å². The Kier molecular flexibility index (Phi) is 2.86. The van der Waals surface area contributed by atoms with Crippen LogP contribution in [0.15, 0.2) is 71.2 Å². The Morgan fingerprint density at radius 2 is 1.48 bits per heavy atom. The molecule has 0 unspecified atom stereocenters. The van der Waals surface area contributed by atoms with Crippen molar-refractivity contribution >= 4 is 37.7 Å². The summed E-state index contributed by atoms with van der Waals surface area (Å²) in [5.74, 6) is 0. The summed E-state index contributed by atoms with van der Waals surface area (Å²) in [6, 6.07) is 23.7. The molecule has 0 aliphatic rings. The van der Waals surface area contributed by atoms with E-state index in [1.165, 1.54) is 32.9 Å². The molecule has 0 amide bonds. The highest BCUT2D eigenvalue weighted by Gasteiger charge is 2.08. The molecular weight excluding hydrogens is 322 g/mol. The average Bonchev–Trinajstić information content (AvgIpc) is 2.81. The molecule has 4 aromatic rings. The number of benzene rings is 3. The number of nitrogens with zero attached hydrogens (tertiary/aromatic N) is 1. The summed E-state index contributed by atoms with van der Waals surface area (Å²) in [5, 5.41) is 2.63. The first kappa shape index (κ1) is 12.7. The van der Waals surface area contributed by atoms with Crippen molar-refractivity contribution in [2.75, 3.05) is 0 Å². The van der Waals surface area contributed by atoms with Crippen molar-refractivity contribution < 1.29 is 0 Å². The highest BCUT2D eigenvalue weighted by molar-refractivity contribution is 9.10. The lowest BCUT2D eigenvalue weighted by atomic mass is 10.0. The molecule has 0 bridgehead atoms. The molecule has 1 aromatic heterocycles. The quantitative estimate of drug-likeness (QED) is 0.416. The SMILES string of the molecule is Cn1c2ccccc2c2ccc(-c3cccc(Br)c3)cc21. The Labute approximate surface area is 132 Å². The molecule has 4 rings (SSSR count). The van der Waals surface area contributed by atoms with E-state index < -0.39 is 0 Å². The van der Waals surface area contributed by atoms with Crippen LogP contribution in [0.25, 0.3) is 32.9 Å². The van der Waals surface area contributed by atoms with Crippen molar-refractivity contribution in [3.8, 4) is 11.1 Å². The highest BCUT2D eigenvalue weighted by atomic mass is 79.9. The number of aromatic nitrogens is 1. The number of hydrogen-bond donors (Lipinski definition) is 0. The van der Waals surface area contributed by atoms with Crippen LogP contribution < -0.4 is 0 Å². The van der Waals surface area contributed by atoms with Crippen LogP contribution in [0, 0.1) is 0 Å². The standard InChI is InChI=1S/C19H14BrN/c1-21-18-8-3-2-7-16(18)17-10-9-14(12-19(17)21)13-5-4-6-15(20)11-13/h2-12H,1H3. The van der Waals surface area contributed by atoms with Crippen molar-refractivity contribution in [3.05, 3.63) is 71.2 Å². The molecule has 0 radical (unpaired) electrons. The minimum absolute atomic E-state index is 1.11. The van der Waals surface area contributed by atoms with E-state index in [2.05, 4.69) is 94.3 Å². The van der Waals surface area contributed by atoms with Crippen LogP contribution in [0.3, 0.4) is 0 Å². The first-order chi connectivity index (χ1) is 10.2. The Hall–Kier alpha value is -2.06. The number of hydrogen-bond acceptors (Lipinski definition) is 0. The molecule has 21 heavy (non-hydrogen) atoms. The van der Waals surface area contributed by atoms with E-state index >= 15 is 0 Å². The largest absolute Gasteiger partial charge is 0.344 e. The van der Waals surface area contributed by atoms with Crippen LogP contribution in [0.2, 0.25) is 0 Å². The van der Waals surface area contributed by atoms with E-state index in [1.54, 1.807) is 0 Å². The molecule has 3 aromatic carbocycles. The molecule has 0 atom stereocenters. The summed E-state index contributed by atoms with van der Waals surface area (Å²) in [5.41, 5.74) is 5.03. The summed E-state index contributed by atoms with van der Waals surface area (Å²) in [7, 11) is 2.13. The lowest BCUT2D eigenvalue weighted by Gasteiger charge is -2.04. The molecule has 0 N–H and O–H groups in total. The fourth-order valence-corrected chi connectivity index (χ4v) is 3.41. The van der Waals surface area contributed by atoms with Gasteiger partial charge in [0.25, 0.3) is 0 Å². The Morgan fingerprint density at radius 3 is 2.33 bits per heavy atom. The topological polar surface area (TPSA) is 4.93 Å². The smallest absolute Gasteiger partial charge is 0.0494 e. The van der Waals surface area contributed by atoms with E-state index in [4.69, 9.17) is 0 Å². The van der Waals surface area contributed by atoms with Crippen molar-refractivity contribution in [3.63, 3.8) is 0 Å². The molecule has 0 spiro atoms. The minimum atomic E-state index is 1.11. The van der Waals surface area contributed by atoms with E-state index in [-0.39, 0.29) is 0 Å². The molecular formula is C19H14BrN. The van der Waals surface area contributed by atoms with Crippen LogP contribution >= 0.6 is 15.9 Å². The van der Waals surface area contributed by atoms with Gasteiger partial charge in [0.1, 0.15) is 0 Å². The zero-order valence-corrected chi connectivity index (χ0v) is 13.3. The number of para-hydroxylation sites is 1. The summed E-state index contributed by atoms with van der Waals surface area (Å²) in [6.07, 6.45) is 0. The fourth-order valence-electron chi connectivity index (χ4n) is 3.01. The van der Waals surface area contributed by atoms with Gasteiger partial charge in [0.15, 0.2) is 0 Å². The Morgan fingerprint density at radius 1 is 0.714 bits per heavy atom. The van der Waals surface area contributed by atoms with Gasteiger partial charge in [-0.25, -0.2) is 0 Å². The number of halogens is 1. The zero-order valence-electron chi connectivity index (χ0n) is 11.7. The van der Waals surface area contributed by atoms with Gasteiger partial charge in [0, 0.05) is 33.3 Å². The third-order valence-corrected chi connectivity index (χ3v) is 4.57. The van der Waals surface area contributed by atoms with Gasteiger partial charge in [-0.05, 0) is 35.4 Å². The maximum Gasteiger partial charge on any atom is 0.0494 e. The summed E-state index contributed by atoms with van der Waals surface area (Å²) in [4.78, 5) is 0. The summed E-state index contributed by atoms with van der Waals surface area (Å²) >= 11 is 3.55. The Bertz CT molecular complexity index is 966. The van der Waals surface area contributed by atoms with Gasteiger partial charge in [-0.15, -0.1) is 0 Å². The molecule has 0 saturated carbocycles. The van der Waals surface area contributed by atoms with E-state index in [0.29, 0.717) is 0 Å². The predicted octanol–water partition coefficient (Wildman–Crippen LogP) is 5.76. The van der Waals surface area contributed by atoms with E-state index in [1.807, 2.05) is 0 Å². The monoisotopic (exact) mass is 335 g/mol.